The van der Waals surface area contributed by atoms with Gasteiger partial charge in [-0.05, 0) is 19.1 Å². The molecule has 1 rings (SSSR count). The summed E-state index contributed by atoms with van der Waals surface area (Å²) >= 11 is 5.67. The first-order valence-corrected chi connectivity index (χ1v) is 5.41. The molecule has 106 valence electrons. The first kappa shape index (κ1) is 15.6. The van der Waals surface area contributed by atoms with Crippen molar-refractivity contribution < 1.29 is 27.8 Å². The SMILES string of the molecule is COc1cc(Cl)ccc1NC(=O)C(C)(O)C(F)(F)F. The van der Waals surface area contributed by atoms with E-state index in [-0.39, 0.29) is 16.5 Å². The monoisotopic (exact) mass is 297 g/mol. The van der Waals surface area contributed by atoms with E-state index in [4.69, 9.17) is 16.3 Å². The van der Waals surface area contributed by atoms with Crippen LogP contribution in [0.25, 0.3) is 0 Å². The maximum atomic E-state index is 12.5. The van der Waals surface area contributed by atoms with Gasteiger partial charge in [0, 0.05) is 11.1 Å². The lowest BCUT2D eigenvalue weighted by molar-refractivity contribution is -0.242. The first-order valence-electron chi connectivity index (χ1n) is 5.03. The average molecular weight is 298 g/mol. The number of anilines is 1. The van der Waals surface area contributed by atoms with Crippen molar-refractivity contribution in [3.8, 4) is 5.75 Å². The molecule has 0 aromatic heterocycles. The molecule has 2 N–H and O–H groups in total. The molecule has 0 aliphatic heterocycles. The molecule has 1 amide bonds. The van der Waals surface area contributed by atoms with Crippen LogP contribution in [0.4, 0.5) is 18.9 Å². The van der Waals surface area contributed by atoms with Crippen molar-refractivity contribution in [1.82, 2.24) is 0 Å². The van der Waals surface area contributed by atoms with Gasteiger partial charge in [-0.25, -0.2) is 0 Å². The quantitative estimate of drug-likeness (QED) is 0.901. The smallest absolute Gasteiger partial charge is 0.426 e. The van der Waals surface area contributed by atoms with Gasteiger partial charge in [-0.15, -0.1) is 0 Å². The van der Waals surface area contributed by atoms with Gasteiger partial charge < -0.3 is 15.2 Å². The fourth-order valence-corrected chi connectivity index (χ4v) is 1.30. The van der Waals surface area contributed by atoms with Crippen LogP contribution in [0.3, 0.4) is 0 Å². The van der Waals surface area contributed by atoms with Crippen molar-refractivity contribution in [3.63, 3.8) is 0 Å². The van der Waals surface area contributed by atoms with Crippen LogP contribution in [-0.4, -0.2) is 29.9 Å². The van der Waals surface area contributed by atoms with E-state index in [1.54, 1.807) is 0 Å². The molecular weight excluding hydrogens is 287 g/mol. The number of halogens is 4. The average Bonchev–Trinajstić information content (AvgIpc) is 2.29. The van der Waals surface area contributed by atoms with E-state index >= 15 is 0 Å². The zero-order valence-corrected chi connectivity index (χ0v) is 10.8. The van der Waals surface area contributed by atoms with Gasteiger partial charge in [-0.3, -0.25) is 4.79 Å². The molecule has 0 spiro atoms. The molecule has 0 heterocycles. The van der Waals surface area contributed by atoms with Crippen LogP contribution >= 0.6 is 11.6 Å². The largest absolute Gasteiger partial charge is 0.495 e. The summed E-state index contributed by atoms with van der Waals surface area (Å²) < 4.78 is 42.3. The third-order valence-corrected chi connectivity index (χ3v) is 2.64. The third kappa shape index (κ3) is 3.30. The lowest BCUT2D eigenvalue weighted by Gasteiger charge is -2.25. The molecule has 0 radical (unpaired) electrons. The van der Waals surface area contributed by atoms with Gasteiger partial charge in [-0.1, -0.05) is 11.6 Å². The number of alkyl halides is 3. The number of amides is 1. The highest BCUT2D eigenvalue weighted by atomic mass is 35.5. The molecule has 0 aliphatic rings. The van der Waals surface area contributed by atoms with Crippen molar-refractivity contribution in [3.05, 3.63) is 23.2 Å². The molecule has 0 fully saturated rings. The summed E-state index contributed by atoms with van der Waals surface area (Å²) in [5.41, 5.74) is -3.53. The summed E-state index contributed by atoms with van der Waals surface area (Å²) in [6.07, 6.45) is -5.09. The Labute approximate surface area is 112 Å². The van der Waals surface area contributed by atoms with Crippen molar-refractivity contribution in [1.29, 1.82) is 0 Å². The zero-order valence-electron chi connectivity index (χ0n) is 10.0. The topological polar surface area (TPSA) is 58.6 Å². The number of nitrogens with one attached hydrogen (secondary N) is 1. The number of hydrogen-bond donors (Lipinski definition) is 2. The Morgan fingerprint density at radius 2 is 2.00 bits per heavy atom. The summed E-state index contributed by atoms with van der Waals surface area (Å²) in [6.45, 7) is 0.366. The van der Waals surface area contributed by atoms with Gasteiger partial charge in [0.15, 0.2) is 0 Å². The van der Waals surface area contributed by atoms with Crippen LogP contribution < -0.4 is 10.1 Å². The number of rotatable bonds is 3. The predicted molar refractivity (Wildman–Crippen MR) is 63.3 cm³/mol. The molecule has 19 heavy (non-hydrogen) atoms. The van der Waals surface area contributed by atoms with Crippen LogP contribution in [0.2, 0.25) is 5.02 Å². The number of carbonyl (C=O) groups excluding carboxylic acids is 1. The number of aliphatic hydroxyl groups is 1. The van der Waals surface area contributed by atoms with Crippen LogP contribution in [0, 0.1) is 0 Å². The van der Waals surface area contributed by atoms with Gasteiger partial charge in [0.25, 0.3) is 5.91 Å². The summed E-state index contributed by atoms with van der Waals surface area (Å²) in [5, 5.41) is 11.4. The Kier molecular flexibility index (Phi) is 4.32. The number of ether oxygens (including phenoxy) is 1. The van der Waals surface area contributed by atoms with Crippen LogP contribution in [0.15, 0.2) is 18.2 Å². The minimum absolute atomic E-state index is 0.0265. The van der Waals surface area contributed by atoms with Crippen molar-refractivity contribution in [2.24, 2.45) is 0 Å². The minimum atomic E-state index is -5.09. The number of benzene rings is 1. The highest BCUT2D eigenvalue weighted by molar-refractivity contribution is 6.30. The van der Waals surface area contributed by atoms with E-state index in [2.05, 4.69) is 0 Å². The van der Waals surface area contributed by atoms with E-state index in [9.17, 15) is 23.1 Å². The van der Waals surface area contributed by atoms with E-state index in [0.29, 0.717) is 6.92 Å². The number of hydrogen-bond acceptors (Lipinski definition) is 3. The number of methoxy groups -OCH3 is 1. The number of carbonyl (C=O) groups is 1. The molecule has 1 unspecified atom stereocenters. The second-order valence-corrected chi connectivity index (χ2v) is 4.31. The summed E-state index contributed by atoms with van der Waals surface area (Å²) in [7, 11) is 1.27. The first-order chi connectivity index (χ1) is 8.59. The second-order valence-electron chi connectivity index (χ2n) is 3.87. The molecule has 1 aromatic carbocycles. The second kappa shape index (κ2) is 5.26. The highest BCUT2D eigenvalue weighted by Crippen LogP contribution is 2.33. The van der Waals surface area contributed by atoms with Gasteiger partial charge in [0.05, 0.1) is 12.8 Å². The summed E-state index contributed by atoms with van der Waals surface area (Å²) in [4.78, 5) is 11.5. The van der Waals surface area contributed by atoms with Crippen LogP contribution in [0.5, 0.6) is 5.75 Å². The summed E-state index contributed by atoms with van der Waals surface area (Å²) in [5.74, 6) is -1.53. The lowest BCUT2D eigenvalue weighted by atomic mass is 10.1. The van der Waals surface area contributed by atoms with Crippen LogP contribution in [-0.2, 0) is 4.79 Å². The summed E-state index contributed by atoms with van der Waals surface area (Å²) in [6, 6.07) is 3.95. The van der Waals surface area contributed by atoms with Gasteiger partial charge in [0.2, 0.25) is 5.60 Å². The molecule has 0 bridgehead atoms. The Hall–Kier alpha value is -1.47. The predicted octanol–water partition coefficient (Wildman–Crippen LogP) is 2.60. The Balaban J connectivity index is 3.01. The standard InChI is InChI=1S/C11H11ClF3NO3/c1-10(18,11(13,14)15)9(17)16-7-4-3-6(12)5-8(7)19-2/h3-5,18H,1-2H3,(H,16,17). The van der Waals surface area contributed by atoms with Crippen LogP contribution in [0.1, 0.15) is 6.92 Å². The van der Waals surface area contributed by atoms with Gasteiger partial charge >= 0.3 is 6.18 Å². The minimum Gasteiger partial charge on any atom is -0.495 e. The van der Waals surface area contributed by atoms with E-state index in [1.165, 1.54) is 25.3 Å². The molecule has 0 aliphatic carbocycles. The highest BCUT2D eigenvalue weighted by Gasteiger charge is 2.55. The van der Waals surface area contributed by atoms with E-state index in [0.717, 1.165) is 0 Å². The third-order valence-electron chi connectivity index (χ3n) is 2.41. The molecule has 4 nitrogen and oxygen atoms in total. The fraction of sp³-hybridized carbons (Fsp3) is 0.364. The van der Waals surface area contributed by atoms with Crippen molar-refractivity contribution in [2.75, 3.05) is 12.4 Å². The van der Waals surface area contributed by atoms with E-state index < -0.39 is 17.7 Å². The zero-order chi connectivity index (χ0) is 14.8. The molecule has 1 aromatic rings. The molecule has 0 saturated carbocycles. The Morgan fingerprint density at radius 3 is 2.47 bits per heavy atom. The van der Waals surface area contributed by atoms with E-state index in [1.807, 2.05) is 5.32 Å². The molecule has 8 heteroatoms. The maximum Gasteiger partial charge on any atom is 0.426 e. The molecule has 0 saturated heterocycles. The molecular formula is C11H11ClF3NO3. The normalized spacial score (nSPS) is 14.7. The fourth-order valence-electron chi connectivity index (χ4n) is 1.14. The Morgan fingerprint density at radius 1 is 1.42 bits per heavy atom. The van der Waals surface area contributed by atoms with Gasteiger partial charge in [0.1, 0.15) is 5.75 Å². The maximum absolute atomic E-state index is 12.5. The Bertz CT molecular complexity index is 489. The van der Waals surface area contributed by atoms with Gasteiger partial charge in [-0.2, -0.15) is 13.2 Å². The molecule has 1 atom stereocenters. The van der Waals surface area contributed by atoms with Crippen molar-refractivity contribution >= 4 is 23.2 Å². The lowest BCUT2D eigenvalue weighted by Crippen LogP contribution is -2.52. The van der Waals surface area contributed by atoms with Crippen molar-refractivity contribution in [2.45, 2.75) is 18.7 Å².